The third-order valence-corrected chi connectivity index (χ3v) is 4.70. The first-order valence-electron chi connectivity index (χ1n) is 6.08. The highest BCUT2D eigenvalue weighted by molar-refractivity contribution is 5.97. The van der Waals surface area contributed by atoms with Gasteiger partial charge in [0, 0.05) is 5.92 Å². The minimum atomic E-state index is -0.641. The quantitative estimate of drug-likeness (QED) is 0.511. The summed E-state index contributed by atoms with van der Waals surface area (Å²) in [5, 5.41) is 0. The molecule has 17 heavy (non-hydrogen) atoms. The van der Waals surface area contributed by atoms with Crippen LogP contribution in [0.3, 0.4) is 0 Å². The van der Waals surface area contributed by atoms with Crippen molar-refractivity contribution in [3.05, 3.63) is 24.3 Å². The molecule has 0 aromatic rings. The molecule has 0 aromatic carbocycles. The van der Waals surface area contributed by atoms with E-state index in [0.717, 1.165) is 6.42 Å². The van der Waals surface area contributed by atoms with Crippen molar-refractivity contribution in [2.45, 2.75) is 13.3 Å². The van der Waals surface area contributed by atoms with E-state index >= 15 is 0 Å². The lowest BCUT2D eigenvalue weighted by Crippen LogP contribution is -2.46. The predicted molar refractivity (Wildman–Crippen MR) is 62.0 cm³/mol. The Hall–Kier alpha value is -1.38. The second-order valence-electron chi connectivity index (χ2n) is 5.51. The predicted octanol–water partition coefficient (Wildman–Crippen LogP) is 1.74. The molecule has 0 saturated heterocycles. The summed E-state index contributed by atoms with van der Waals surface area (Å²) in [6, 6.07) is 0. The Kier molecular flexibility index (Phi) is 2.09. The fraction of sp³-hybridized carbons (Fsp3) is 0.571. The Labute approximate surface area is 101 Å². The number of hydrogen-bond donors (Lipinski definition) is 0. The van der Waals surface area contributed by atoms with Crippen molar-refractivity contribution < 1.29 is 14.3 Å². The van der Waals surface area contributed by atoms with Crippen LogP contribution in [0.5, 0.6) is 0 Å². The molecule has 5 atom stereocenters. The maximum Gasteiger partial charge on any atom is 0.315 e. The number of carbonyl (C=O) groups is 2. The molecule has 3 rings (SSSR count). The first kappa shape index (κ1) is 10.8. The van der Waals surface area contributed by atoms with Gasteiger partial charge < -0.3 is 4.74 Å². The zero-order valence-electron chi connectivity index (χ0n) is 10.1. The van der Waals surface area contributed by atoms with Crippen molar-refractivity contribution in [2.24, 2.45) is 29.1 Å². The van der Waals surface area contributed by atoms with Crippen molar-refractivity contribution in [2.75, 3.05) is 7.11 Å². The van der Waals surface area contributed by atoms with Gasteiger partial charge in [-0.15, -0.1) is 0 Å². The second-order valence-corrected chi connectivity index (χ2v) is 5.51. The topological polar surface area (TPSA) is 43.4 Å². The molecule has 1 saturated carbocycles. The summed E-state index contributed by atoms with van der Waals surface area (Å²) in [6.45, 7) is 1.90. The van der Waals surface area contributed by atoms with Crippen molar-refractivity contribution in [1.29, 1.82) is 0 Å². The molecule has 0 heterocycles. The number of allylic oxidation sites excluding steroid dienone is 3. The van der Waals surface area contributed by atoms with Gasteiger partial charge in [0.2, 0.25) is 0 Å². The van der Waals surface area contributed by atoms with Gasteiger partial charge in [-0.05, 0) is 37.2 Å². The molecule has 0 aromatic heterocycles. The molecule has 3 nitrogen and oxygen atoms in total. The average molecular weight is 232 g/mol. The zero-order valence-corrected chi connectivity index (χ0v) is 10.1. The molecule has 90 valence electrons. The van der Waals surface area contributed by atoms with Gasteiger partial charge >= 0.3 is 5.97 Å². The van der Waals surface area contributed by atoms with Crippen molar-refractivity contribution in [3.63, 3.8) is 0 Å². The molecule has 3 heteroatoms. The van der Waals surface area contributed by atoms with E-state index in [4.69, 9.17) is 4.74 Å². The Morgan fingerprint density at radius 1 is 1.41 bits per heavy atom. The van der Waals surface area contributed by atoms with Crippen molar-refractivity contribution >= 4 is 11.8 Å². The number of ketones is 1. The smallest absolute Gasteiger partial charge is 0.315 e. The van der Waals surface area contributed by atoms with Gasteiger partial charge in [0.15, 0.2) is 5.78 Å². The standard InChI is InChI=1S/C14H16O3/c1-14(13(16)17-2)6-5-10(15)11-8-3-4-9(7-8)12(11)14/h3-6,8-9,11-12H,7H2,1-2H3/t8-,9+,11+,12+,14-/m0/s1. The Balaban J connectivity index is 2.07. The molecular formula is C14H16O3. The summed E-state index contributed by atoms with van der Waals surface area (Å²) in [4.78, 5) is 24.0. The van der Waals surface area contributed by atoms with Crippen LogP contribution in [0.15, 0.2) is 24.3 Å². The third kappa shape index (κ3) is 1.22. The highest BCUT2D eigenvalue weighted by Gasteiger charge is 2.58. The van der Waals surface area contributed by atoms with Gasteiger partial charge in [-0.3, -0.25) is 9.59 Å². The van der Waals surface area contributed by atoms with Crippen molar-refractivity contribution in [3.8, 4) is 0 Å². The highest BCUT2D eigenvalue weighted by Crippen LogP contribution is 2.57. The first-order valence-corrected chi connectivity index (χ1v) is 6.08. The van der Waals surface area contributed by atoms with Gasteiger partial charge in [-0.1, -0.05) is 18.2 Å². The summed E-state index contributed by atoms with van der Waals surface area (Å²) in [6.07, 6.45) is 8.64. The summed E-state index contributed by atoms with van der Waals surface area (Å²) >= 11 is 0. The van der Waals surface area contributed by atoms with Gasteiger partial charge in [0.05, 0.1) is 12.5 Å². The highest BCUT2D eigenvalue weighted by atomic mass is 16.5. The average Bonchev–Trinajstić information content (AvgIpc) is 2.94. The second kappa shape index (κ2) is 3.31. The van der Waals surface area contributed by atoms with Crippen LogP contribution in [-0.4, -0.2) is 18.9 Å². The molecule has 0 unspecified atom stereocenters. The van der Waals surface area contributed by atoms with E-state index in [2.05, 4.69) is 12.2 Å². The molecule has 0 aliphatic heterocycles. The molecule has 0 spiro atoms. The van der Waals surface area contributed by atoms with Crippen LogP contribution in [0.1, 0.15) is 13.3 Å². The van der Waals surface area contributed by atoms with Crippen LogP contribution in [0, 0.1) is 29.1 Å². The molecule has 2 bridgehead atoms. The van der Waals surface area contributed by atoms with E-state index in [0.29, 0.717) is 11.8 Å². The molecule has 0 N–H and O–H groups in total. The molecule has 3 aliphatic carbocycles. The van der Waals surface area contributed by atoms with E-state index in [-0.39, 0.29) is 23.6 Å². The maximum absolute atomic E-state index is 12.0. The minimum absolute atomic E-state index is 0.0147. The Morgan fingerprint density at radius 3 is 2.82 bits per heavy atom. The van der Waals surface area contributed by atoms with E-state index < -0.39 is 5.41 Å². The Morgan fingerprint density at radius 2 is 2.12 bits per heavy atom. The normalized spacial score (nSPS) is 46.1. The van der Waals surface area contributed by atoms with Gasteiger partial charge in [-0.2, -0.15) is 0 Å². The number of esters is 1. The molecular weight excluding hydrogens is 216 g/mol. The third-order valence-electron chi connectivity index (χ3n) is 4.70. The number of ether oxygens (including phenoxy) is 1. The van der Waals surface area contributed by atoms with Crippen LogP contribution in [0.25, 0.3) is 0 Å². The summed E-state index contributed by atoms with van der Waals surface area (Å²) in [5.41, 5.74) is -0.641. The van der Waals surface area contributed by atoms with Gasteiger partial charge in [0.25, 0.3) is 0 Å². The fourth-order valence-corrected chi connectivity index (χ4v) is 3.93. The molecule has 1 fully saturated rings. The molecule has 0 amide bonds. The summed E-state index contributed by atoms with van der Waals surface area (Å²) in [7, 11) is 1.41. The van der Waals surface area contributed by atoms with Crippen LogP contribution in [0.2, 0.25) is 0 Å². The van der Waals surface area contributed by atoms with E-state index in [1.54, 1.807) is 12.2 Å². The van der Waals surface area contributed by atoms with Gasteiger partial charge in [0.1, 0.15) is 0 Å². The van der Waals surface area contributed by atoms with Crippen LogP contribution in [-0.2, 0) is 14.3 Å². The van der Waals surface area contributed by atoms with E-state index in [9.17, 15) is 9.59 Å². The van der Waals surface area contributed by atoms with Crippen LogP contribution >= 0.6 is 0 Å². The fourth-order valence-electron chi connectivity index (χ4n) is 3.93. The SMILES string of the molecule is COC(=O)[C@@]1(C)C=CC(=O)[C@@H]2[C@H]1[C@@H]1C=C[C@H]2C1. The van der Waals surface area contributed by atoms with E-state index in [1.807, 2.05) is 6.92 Å². The minimum Gasteiger partial charge on any atom is -0.468 e. The maximum atomic E-state index is 12.0. The first-order chi connectivity index (χ1) is 8.08. The van der Waals surface area contributed by atoms with Crippen LogP contribution in [0.4, 0.5) is 0 Å². The van der Waals surface area contributed by atoms with Crippen LogP contribution < -0.4 is 0 Å². The van der Waals surface area contributed by atoms with Gasteiger partial charge in [-0.25, -0.2) is 0 Å². The Bertz CT molecular complexity index is 448. The number of hydrogen-bond acceptors (Lipinski definition) is 3. The zero-order chi connectivity index (χ0) is 12.2. The lowest BCUT2D eigenvalue weighted by Gasteiger charge is -2.40. The number of rotatable bonds is 1. The monoisotopic (exact) mass is 232 g/mol. The molecule has 0 radical (unpaired) electrons. The lowest BCUT2D eigenvalue weighted by molar-refractivity contribution is -0.154. The lowest BCUT2D eigenvalue weighted by atomic mass is 9.62. The molecule has 3 aliphatic rings. The summed E-state index contributed by atoms with van der Waals surface area (Å²) < 4.78 is 4.92. The number of methoxy groups -OCH3 is 1. The largest absolute Gasteiger partial charge is 0.468 e. The van der Waals surface area contributed by atoms with Crippen molar-refractivity contribution in [1.82, 2.24) is 0 Å². The number of fused-ring (bicyclic) bond motifs is 5. The van der Waals surface area contributed by atoms with E-state index in [1.165, 1.54) is 7.11 Å². The number of carbonyl (C=O) groups excluding carboxylic acids is 2. The summed E-state index contributed by atoms with van der Waals surface area (Å²) in [5.74, 6) is 0.696.